The molecule has 0 aliphatic carbocycles. The van der Waals surface area contributed by atoms with Crippen LogP contribution in [0, 0.1) is 6.92 Å². The van der Waals surface area contributed by atoms with E-state index in [1.165, 1.54) is 10.4 Å². The second kappa shape index (κ2) is 10.1. The van der Waals surface area contributed by atoms with E-state index in [-0.39, 0.29) is 10.8 Å². The Morgan fingerprint density at radius 1 is 1.10 bits per heavy atom. The van der Waals surface area contributed by atoms with E-state index in [9.17, 15) is 13.2 Å². The van der Waals surface area contributed by atoms with E-state index in [1.807, 2.05) is 31.2 Å². The van der Waals surface area contributed by atoms with Gasteiger partial charge in [-0.3, -0.25) is 4.79 Å². The van der Waals surface area contributed by atoms with Crippen LogP contribution in [0.2, 0.25) is 0 Å². The largest absolute Gasteiger partial charge is 0.496 e. The van der Waals surface area contributed by atoms with E-state index in [1.54, 1.807) is 19.2 Å². The Kier molecular flexibility index (Phi) is 7.50. The Balaban J connectivity index is 1.63. The third-order valence-corrected chi connectivity index (χ3v) is 7.40. The summed E-state index contributed by atoms with van der Waals surface area (Å²) >= 11 is 0. The van der Waals surface area contributed by atoms with Crippen LogP contribution in [0.25, 0.3) is 0 Å². The zero-order valence-corrected chi connectivity index (χ0v) is 18.5. The molecule has 1 fully saturated rings. The second-order valence-corrected chi connectivity index (χ2v) is 9.55. The van der Waals surface area contributed by atoms with Gasteiger partial charge in [0.1, 0.15) is 5.75 Å². The number of aryl methyl sites for hydroxylation is 2. The third-order valence-electron chi connectivity index (χ3n) is 5.51. The maximum atomic E-state index is 12.9. The molecule has 162 valence electrons. The zero-order chi connectivity index (χ0) is 21.6. The first-order chi connectivity index (χ1) is 14.4. The van der Waals surface area contributed by atoms with Gasteiger partial charge in [-0.15, -0.1) is 0 Å². The molecule has 3 rings (SSSR count). The Morgan fingerprint density at radius 2 is 1.83 bits per heavy atom. The van der Waals surface area contributed by atoms with Crippen molar-refractivity contribution in [2.45, 2.75) is 43.9 Å². The van der Waals surface area contributed by atoms with Crippen molar-refractivity contribution in [3.63, 3.8) is 0 Å². The van der Waals surface area contributed by atoms with Gasteiger partial charge in [-0.25, -0.2) is 8.42 Å². The number of carbonyl (C=O) groups excluding carboxylic acids is 1. The fraction of sp³-hybridized carbons (Fsp3) is 0.435. The first-order valence-corrected chi connectivity index (χ1v) is 11.9. The van der Waals surface area contributed by atoms with Crippen LogP contribution < -0.4 is 10.1 Å². The van der Waals surface area contributed by atoms with Crippen molar-refractivity contribution >= 4 is 15.9 Å². The summed E-state index contributed by atoms with van der Waals surface area (Å²) in [7, 11) is -1.92. The molecule has 0 aromatic heterocycles. The predicted octanol–water partition coefficient (Wildman–Crippen LogP) is 3.54. The Morgan fingerprint density at radius 3 is 2.57 bits per heavy atom. The van der Waals surface area contributed by atoms with Gasteiger partial charge in [-0.2, -0.15) is 4.31 Å². The van der Waals surface area contributed by atoms with E-state index < -0.39 is 10.0 Å². The summed E-state index contributed by atoms with van der Waals surface area (Å²) in [5.41, 5.74) is 2.26. The van der Waals surface area contributed by atoms with Gasteiger partial charge >= 0.3 is 0 Å². The lowest BCUT2D eigenvalue weighted by atomic mass is 10.1. The lowest BCUT2D eigenvalue weighted by molar-refractivity contribution is 0.0952. The summed E-state index contributed by atoms with van der Waals surface area (Å²) in [6.07, 6.45) is 4.36. The van der Waals surface area contributed by atoms with Crippen molar-refractivity contribution in [3.8, 4) is 5.75 Å². The van der Waals surface area contributed by atoms with E-state index in [0.29, 0.717) is 25.2 Å². The summed E-state index contributed by atoms with van der Waals surface area (Å²) in [4.78, 5) is 12.9. The Hall–Kier alpha value is -2.38. The number of methoxy groups -OCH3 is 1. The maximum absolute atomic E-state index is 12.9. The number of para-hydroxylation sites is 1. The molecule has 1 heterocycles. The number of nitrogens with one attached hydrogen (secondary N) is 1. The highest BCUT2D eigenvalue weighted by Gasteiger charge is 2.27. The molecule has 0 saturated carbocycles. The number of hydrogen-bond acceptors (Lipinski definition) is 4. The summed E-state index contributed by atoms with van der Waals surface area (Å²) in [6, 6.07) is 12.6. The minimum Gasteiger partial charge on any atom is -0.496 e. The monoisotopic (exact) mass is 430 g/mol. The van der Waals surface area contributed by atoms with Crippen LogP contribution in [0.4, 0.5) is 0 Å². The molecule has 6 nitrogen and oxygen atoms in total. The van der Waals surface area contributed by atoms with Gasteiger partial charge in [0, 0.05) is 25.2 Å². The van der Waals surface area contributed by atoms with Crippen molar-refractivity contribution in [2.24, 2.45) is 0 Å². The lowest BCUT2D eigenvalue weighted by Gasteiger charge is -2.26. The van der Waals surface area contributed by atoms with Gasteiger partial charge < -0.3 is 10.1 Å². The number of hydrogen-bond donors (Lipinski definition) is 1. The summed E-state index contributed by atoms with van der Waals surface area (Å²) in [5, 5.41) is 2.92. The van der Waals surface area contributed by atoms with Crippen molar-refractivity contribution in [2.75, 3.05) is 26.7 Å². The lowest BCUT2D eigenvalue weighted by Crippen LogP contribution is -2.35. The highest BCUT2D eigenvalue weighted by Crippen LogP contribution is 2.23. The van der Waals surface area contributed by atoms with Crippen LogP contribution in [0.1, 0.15) is 47.2 Å². The van der Waals surface area contributed by atoms with Crippen LogP contribution in [-0.4, -0.2) is 45.4 Å². The maximum Gasteiger partial charge on any atom is 0.251 e. The number of rotatable bonds is 8. The molecule has 1 amide bonds. The highest BCUT2D eigenvalue weighted by atomic mass is 32.2. The fourth-order valence-corrected chi connectivity index (χ4v) is 5.29. The zero-order valence-electron chi connectivity index (χ0n) is 17.7. The first-order valence-electron chi connectivity index (χ1n) is 10.4. The smallest absolute Gasteiger partial charge is 0.251 e. The molecular formula is C23H30N2O4S. The summed E-state index contributed by atoms with van der Waals surface area (Å²) < 4.78 is 32.7. The van der Waals surface area contributed by atoms with E-state index in [4.69, 9.17) is 4.74 Å². The Bertz CT molecular complexity index is 982. The van der Waals surface area contributed by atoms with Crippen molar-refractivity contribution in [1.82, 2.24) is 9.62 Å². The van der Waals surface area contributed by atoms with Gasteiger partial charge in [0.2, 0.25) is 10.0 Å². The van der Waals surface area contributed by atoms with E-state index >= 15 is 0 Å². The molecule has 0 spiro atoms. The molecule has 2 aromatic carbocycles. The van der Waals surface area contributed by atoms with Gasteiger partial charge in [-0.1, -0.05) is 30.7 Å². The van der Waals surface area contributed by atoms with Gasteiger partial charge in [0.15, 0.2) is 0 Å². The molecule has 1 N–H and O–H groups in total. The molecule has 0 bridgehead atoms. The topological polar surface area (TPSA) is 75.7 Å². The van der Waals surface area contributed by atoms with Crippen LogP contribution in [0.5, 0.6) is 5.75 Å². The van der Waals surface area contributed by atoms with Gasteiger partial charge in [0.25, 0.3) is 5.91 Å². The molecule has 1 saturated heterocycles. The first kappa shape index (κ1) is 22.3. The molecule has 0 unspecified atom stereocenters. The number of amides is 1. The number of sulfonamides is 1. The van der Waals surface area contributed by atoms with Crippen molar-refractivity contribution in [1.29, 1.82) is 0 Å². The molecule has 7 heteroatoms. The molecule has 1 aliphatic heterocycles. The molecule has 30 heavy (non-hydrogen) atoms. The van der Waals surface area contributed by atoms with Crippen LogP contribution in [0.15, 0.2) is 47.4 Å². The van der Waals surface area contributed by atoms with Crippen LogP contribution in [-0.2, 0) is 16.4 Å². The van der Waals surface area contributed by atoms with Crippen molar-refractivity contribution < 1.29 is 17.9 Å². The molecule has 0 atom stereocenters. The molecule has 1 aliphatic rings. The summed E-state index contributed by atoms with van der Waals surface area (Å²) in [5.74, 6) is 0.596. The fourth-order valence-electron chi connectivity index (χ4n) is 3.75. The van der Waals surface area contributed by atoms with Gasteiger partial charge in [-0.05, 0) is 61.9 Å². The SMILES string of the molecule is COc1ccccc1CCCNC(=O)c1cc(S(=O)(=O)N2CCCCC2)ccc1C. The number of nitrogens with zero attached hydrogens (tertiary/aromatic N) is 1. The highest BCUT2D eigenvalue weighted by molar-refractivity contribution is 7.89. The standard InChI is InChI=1S/C23H30N2O4S/c1-18-12-13-20(30(27,28)25-15-6-3-7-16-25)17-21(18)23(26)24-14-8-10-19-9-4-5-11-22(19)29-2/h4-5,9,11-13,17H,3,6-8,10,14-16H2,1-2H3,(H,24,26). The summed E-state index contributed by atoms with van der Waals surface area (Å²) in [6.45, 7) is 3.40. The normalized spacial score (nSPS) is 15.0. The minimum absolute atomic E-state index is 0.189. The quantitative estimate of drug-likeness (QED) is 0.650. The average Bonchev–Trinajstić information content (AvgIpc) is 2.77. The van der Waals surface area contributed by atoms with E-state index in [0.717, 1.165) is 49.0 Å². The molecule has 0 radical (unpaired) electrons. The Labute approximate surface area is 179 Å². The number of piperidine rings is 1. The predicted molar refractivity (Wildman–Crippen MR) is 117 cm³/mol. The number of carbonyl (C=O) groups is 1. The number of ether oxygens (including phenoxy) is 1. The number of benzene rings is 2. The van der Waals surface area contributed by atoms with Crippen LogP contribution >= 0.6 is 0 Å². The molecule has 2 aromatic rings. The van der Waals surface area contributed by atoms with Crippen LogP contribution in [0.3, 0.4) is 0 Å². The minimum atomic E-state index is -3.56. The molecular weight excluding hydrogens is 400 g/mol. The van der Waals surface area contributed by atoms with E-state index in [2.05, 4.69) is 5.32 Å². The third kappa shape index (κ3) is 5.21. The second-order valence-electron chi connectivity index (χ2n) is 7.61. The van der Waals surface area contributed by atoms with Gasteiger partial charge in [0.05, 0.1) is 12.0 Å². The van der Waals surface area contributed by atoms with Crippen molar-refractivity contribution in [3.05, 3.63) is 59.2 Å². The average molecular weight is 431 g/mol.